The molecule has 0 aromatic carbocycles. The molecule has 0 amide bonds. The molecule has 0 fully saturated rings. The van der Waals surface area contributed by atoms with Gasteiger partial charge in [-0.15, -0.1) is 10.2 Å². The molecule has 0 unspecified atom stereocenters. The Kier molecular flexibility index (Phi) is 3.54. The van der Waals surface area contributed by atoms with Crippen LogP contribution in [0.4, 0.5) is 5.95 Å². The van der Waals surface area contributed by atoms with E-state index in [1.807, 2.05) is 46.1 Å². The third-order valence-electron chi connectivity index (χ3n) is 3.79. The van der Waals surface area contributed by atoms with Crippen molar-refractivity contribution < 1.29 is 0 Å². The number of rotatable bonds is 0. The third kappa shape index (κ3) is 2.67. The molecule has 5 rings (SSSR count). The van der Waals surface area contributed by atoms with Crippen LogP contribution in [0.5, 0.6) is 0 Å². The van der Waals surface area contributed by atoms with Crippen LogP contribution in [0.15, 0.2) is 35.3 Å². The Balaban J connectivity index is 1.91. The van der Waals surface area contributed by atoms with Gasteiger partial charge < -0.3 is 0 Å². The number of nitrogens with zero attached hydrogens (tertiary/aromatic N) is 8. The number of hydrogen-bond donors (Lipinski definition) is 0. The van der Waals surface area contributed by atoms with E-state index in [2.05, 4.69) is 62.4 Å². The standard InChI is InChI=1S/C16H8Br2N8/c17-25-12-3-4-13(25)6-11-8-19-15(21-11)22-16-24-23-14(26(16)18)7-10-2-1-9(5-12)20-10/h1-8H. The van der Waals surface area contributed by atoms with Crippen LogP contribution in [0.1, 0.15) is 17.1 Å². The number of halogens is 2. The minimum absolute atomic E-state index is 0.316. The van der Waals surface area contributed by atoms with E-state index in [1.165, 1.54) is 0 Å². The number of aliphatic imine (C=N–C) groups is 1. The van der Waals surface area contributed by atoms with Gasteiger partial charge >= 0.3 is 0 Å². The van der Waals surface area contributed by atoms with Crippen molar-refractivity contribution in [1.82, 2.24) is 32.3 Å². The molecule has 0 saturated carbocycles. The van der Waals surface area contributed by atoms with E-state index in [-0.39, 0.29) is 0 Å². The van der Waals surface area contributed by atoms with E-state index in [9.17, 15) is 0 Å². The largest absolute Gasteiger partial charge is 0.277 e. The Hall–Kier alpha value is -2.72. The van der Waals surface area contributed by atoms with E-state index in [0.29, 0.717) is 23.1 Å². The zero-order valence-corrected chi connectivity index (χ0v) is 16.1. The number of aromatic nitrogens is 7. The molecule has 0 spiro atoms. The molecule has 8 bridgehead atoms. The summed E-state index contributed by atoms with van der Waals surface area (Å²) in [5, 5.41) is 8.18. The van der Waals surface area contributed by atoms with E-state index < -0.39 is 0 Å². The summed E-state index contributed by atoms with van der Waals surface area (Å²) in [6.07, 6.45) is 5.53. The van der Waals surface area contributed by atoms with Gasteiger partial charge in [0, 0.05) is 6.07 Å². The first-order valence-corrected chi connectivity index (χ1v) is 8.96. The molecule has 2 aliphatic rings. The van der Waals surface area contributed by atoms with Crippen molar-refractivity contribution in [2.75, 3.05) is 0 Å². The van der Waals surface area contributed by atoms with Crippen molar-refractivity contribution in [2.24, 2.45) is 4.99 Å². The first-order chi connectivity index (χ1) is 12.7. The average Bonchev–Trinajstić information content (AvgIpc) is 3.39. The monoisotopic (exact) mass is 470 g/mol. The van der Waals surface area contributed by atoms with Crippen LogP contribution >= 0.6 is 32.3 Å². The topological polar surface area (TPSA) is 86.7 Å². The van der Waals surface area contributed by atoms with Gasteiger partial charge in [0.2, 0.25) is 0 Å². The highest BCUT2D eigenvalue weighted by molar-refractivity contribution is 9.08. The molecule has 10 heteroatoms. The lowest BCUT2D eigenvalue weighted by atomic mass is 10.3. The fourth-order valence-corrected chi connectivity index (χ4v) is 3.35. The average molecular weight is 472 g/mol. The Morgan fingerprint density at radius 2 is 1.46 bits per heavy atom. The van der Waals surface area contributed by atoms with Crippen molar-refractivity contribution in [1.29, 1.82) is 0 Å². The summed E-state index contributed by atoms with van der Waals surface area (Å²) in [5.74, 6) is 0.668. The fraction of sp³-hybridized carbons (Fsp3) is 0. The van der Waals surface area contributed by atoms with Crippen molar-refractivity contribution in [3.8, 4) is 0 Å². The van der Waals surface area contributed by atoms with Gasteiger partial charge in [0.1, 0.15) is 0 Å². The second-order valence-electron chi connectivity index (χ2n) is 5.54. The Morgan fingerprint density at radius 3 is 2.27 bits per heavy atom. The van der Waals surface area contributed by atoms with E-state index in [1.54, 1.807) is 9.81 Å². The first-order valence-electron chi connectivity index (χ1n) is 7.55. The summed E-state index contributed by atoms with van der Waals surface area (Å²) in [5.41, 5.74) is 4.78. The smallest absolute Gasteiger partial charge is 0.264 e. The first kappa shape index (κ1) is 15.5. The minimum atomic E-state index is 0.316. The van der Waals surface area contributed by atoms with Crippen LogP contribution in [0.3, 0.4) is 0 Å². The zero-order valence-electron chi connectivity index (χ0n) is 13.0. The predicted molar refractivity (Wildman–Crippen MR) is 106 cm³/mol. The van der Waals surface area contributed by atoms with Gasteiger partial charge in [-0.3, -0.25) is 3.59 Å². The molecule has 0 aliphatic carbocycles. The molecule has 3 aromatic heterocycles. The Morgan fingerprint density at radius 1 is 0.731 bits per heavy atom. The summed E-state index contributed by atoms with van der Waals surface area (Å²) in [7, 11) is 0. The van der Waals surface area contributed by atoms with Crippen LogP contribution in [0, 0.1) is 0 Å². The highest BCUT2D eigenvalue weighted by Gasteiger charge is 2.07. The molecule has 0 atom stereocenters. The lowest BCUT2D eigenvalue weighted by Gasteiger charge is -1.92. The molecule has 126 valence electrons. The van der Waals surface area contributed by atoms with Crippen molar-refractivity contribution in [3.63, 3.8) is 0 Å². The van der Waals surface area contributed by atoms with Crippen LogP contribution < -0.4 is 0 Å². The molecular weight excluding hydrogens is 464 g/mol. The van der Waals surface area contributed by atoms with Gasteiger partial charge in [0.25, 0.3) is 11.7 Å². The van der Waals surface area contributed by atoms with Crippen LogP contribution in [0.2, 0.25) is 0 Å². The molecule has 2 aliphatic heterocycles. The SMILES string of the molecule is Brn1c2ccc1cc1nc(nc3nnc(cc4nc(c2)C=C4)n3Br)N=C1. The summed E-state index contributed by atoms with van der Waals surface area (Å²) in [4.78, 5) is 17.5. The van der Waals surface area contributed by atoms with Gasteiger partial charge in [-0.25, -0.2) is 18.6 Å². The lowest BCUT2D eigenvalue weighted by Crippen LogP contribution is -1.83. The zero-order chi connectivity index (χ0) is 17.7. The molecule has 26 heavy (non-hydrogen) atoms. The highest BCUT2D eigenvalue weighted by atomic mass is 79.9. The summed E-state index contributed by atoms with van der Waals surface area (Å²) in [6.45, 7) is 0. The molecule has 0 saturated heterocycles. The molecule has 0 radical (unpaired) electrons. The lowest BCUT2D eigenvalue weighted by molar-refractivity contribution is 1.10. The highest BCUT2D eigenvalue weighted by Crippen LogP contribution is 2.19. The summed E-state index contributed by atoms with van der Waals surface area (Å²) >= 11 is 6.98. The van der Waals surface area contributed by atoms with E-state index in [0.717, 1.165) is 22.4 Å². The van der Waals surface area contributed by atoms with Crippen LogP contribution in [-0.2, 0) is 0 Å². The van der Waals surface area contributed by atoms with Crippen LogP contribution in [-0.4, -0.2) is 38.6 Å². The molecule has 0 N–H and O–H groups in total. The Bertz CT molecular complexity index is 1080. The predicted octanol–water partition coefficient (Wildman–Crippen LogP) is 3.68. The second-order valence-corrected chi connectivity index (χ2v) is 6.96. The fourth-order valence-electron chi connectivity index (χ4n) is 2.59. The van der Waals surface area contributed by atoms with Crippen molar-refractivity contribution in [3.05, 3.63) is 47.4 Å². The maximum Gasteiger partial charge on any atom is 0.264 e. The van der Waals surface area contributed by atoms with Crippen molar-refractivity contribution >= 4 is 79.1 Å². The van der Waals surface area contributed by atoms with Gasteiger partial charge in [0.15, 0.2) is 5.65 Å². The van der Waals surface area contributed by atoms with Crippen LogP contribution in [0.25, 0.3) is 34.6 Å². The number of fused-ring (bicyclic) bond motifs is 8. The van der Waals surface area contributed by atoms with Gasteiger partial charge in [-0.05, 0) is 36.4 Å². The minimum Gasteiger partial charge on any atom is -0.277 e. The van der Waals surface area contributed by atoms with Gasteiger partial charge in [-0.2, -0.15) is 4.98 Å². The van der Waals surface area contributed by atoms with Gasteiger partial charge in [0.05, 0.1) is 66.6 Å². The maximum atomic E-state index is 4.59. The molecule has 8 nitrogen and oxygen atoms in total. The third-order valence-corrected chi connectivity index (χ3v) is 5.29. The van der Waals surface area contributed by atoms with E-state index in [4.69, 9.17) is 0 Å². The molecule has 3 aromatic rings. The van der Waals surface area contributed by atoms with E-state index >= 15 is 0 Å². The number of hydrogen-bond acceptors (Lipinski definition) is 6. The second kappa shape index (κ2) is 5.92. The maximum absolute atomic E-state index is 4.59. The quantitative estimate of drug-likeness (QED) is 0.343. The molecular formula is C16H8Br2N8. The normalized spacial score (nSPS) is 12.7. The van der Waals surface area contributed by atoms with Crippen molar-refractivity contribution in [2.45, 2.75) is 0 Å². The van der Waals surface area contributed by atoms with Gasteiger partial charge in [-0.1, -0.05) is 0 Å². The Labute approximate surface area is 163 Å². The summed E-state index contributed by atoms with van der Waals surface area (Å²) in [6, 6.07) is 9.69. The summed E-state index contributed by atoms with van der Waals surface area (Å²) < 4.78 is 3.48. The molecule has 5 heterocycles.